The number of benzene rings is 2. The van der Waals surface area contributed by atoms with Gasteiger partial charge in [-0.3, -0.25) is 4.72 Å². The largest absolute Gasteiger partial charge is 0.495 e. The van der Waals surface area contributed by atoms with Gasteiger partial charge in [0.05, 0.1) is 12.8 Å². The highest BCUT2D eigenvalue weighted by atomic mass is 35.5. The smallest absolute Gasteiger partial charge is 0.265 e. The second-order valence-electron chi connectivity index (χ2n) is 4.22. The van der Waals surface area contributed by atoms with Crippen molar-refractivity contribution in [3.8, 4) is 5.75 Å². The zero-order chi connectivity index (χ0) is 14.8. The van der Waals surface area contributed by atoms with Crippen molar-refractivity contribution in [2.75, 3.05) is 11.8 Å². The third-order valence-electron chi connectivity index (χ3n) is 2.80. The van der Waals surface area contributed by atoms with Crippen molar-refractivity contribution >= 4 is 27.3 Å². The Labute approximate surface area is 123 Å². The van der Waals surface area contributed by atoms with Crippen molar-refractivity contribution in [3.05, 3.63) is 53.1 Å². The molecule has 1 N–H and O–H groups in total. The van der Waals surface area contributed by atoms with Gasteiger partial charge in [0.2, 0.25) is 0 Å². The van der Waals surface area contributed by atoms with E-state index in [1.165, 1.54) is 13.2 Å². The number of hydrogen-bond acceptors (Lipinski definition) is 3. The predicted molar refractivity (Wildman–Crippen MR) is 80.0 cm³/mol. The summed E-state index contributed by atoms with van der Waals surface area (Å²) in [4.78, 5) is 0.0851. The predicted octanol–water partition coefficient (Wildman–Crippen LogP) is 3.46. The Kier molecular flexibility index (Phi) is 4.20. The van der Waals surface area contributed by atoms with E-state index in [2.05, 4.69) is 4.72 Å². The fraction of sp³-hybridized carbons (Fsp3) is 0.143. The van der Waals surface area contributed by atoms with Gasteiger partial charge < -0.3 is 4.74 Å². The minimum Gasteiger partial charge on any atom is -0.495 e. The Balaban J connectivity index is 2.43. The summed E-state index contributed by atoms with van der Waals surface area (Å²) in [7, 11) is -2.30. The number of nitrogens with one attached hydrogen (secondary N) is 1. The number of anilines is 1. The molecule has 2 rings (SSSR count). The van der Waals surface area contributed by atoms with E-state index in [4.69, 9.17) is 16.3 Å². The maximum Gasteiger partial charge on any atom is 0.265 e. The average molecular weight is 312 g/mol. The molecule has 0 spiro atoms. The minimum absolute atomic E-state index is 0.0851. The van der Waals surface area contributed by atoms with Crippen molar-refractivity contribution in [2.45, 2.75) is 11.8 Å². The number of para-hydroxylation sites is 1. The first-order valence-corrected chi connectivity index (χ1v) is 7.72. The van der Waals surface area contributed by atoms with Gasteiger partial charge in [-0.15, -0.1) is 0 Å². The molecule has 0 aliphatic rings. The first-order chi connectivity index (χ1) is 9.44. The summed E-state index contributed by atoms with van der Waals surface area (Å²) in [6.45, 7) is 1.80. The summed E-state index contributed by atoms with van der Waals surface area (Å²) >= 11 is 5.89. The molecule has 106 valence electrons. The quantitative estimate of drug-likeness (QED) is 0.940. The van der Waals surface area contributed by atoms with Gasteiger partial charge in [-0.1, -0.05) is 29.8 Å². The van der Waals surface area contributed by atoms with Crippen LogP contribution >= 0.6 is 11.6 Å². The zero-order valence-electron chi connectivity index (χ0n) is 11.1. The van der Waals surface area contributed by atoms with E-state index in [-0.39, 0.29) is 4.90 Å². The molecule has 0 heterocycles. The van der Waals surface area contributed by atoms with Crippen LogP contribution in [0, 0.1) is 6.92 Å². The Hall–Kier alpha value is -1.72. The molecule has 0 unspecified atom stereocenters. The normalized spacial score (nSPS) is 11.2. The molecule has 0 aromatic heterocycles. The first kappa shape index (κ1) is 14.7. The van der Waals surface area contributed by atoms with E-state index in [0.29, 0.717) is 16.5 Å². The molecule has 0 aliphatic carbocycles. The fourth-order valence-corrected chi connectivity index (χ4v) is 3.21. The number of methoxy groups -OCH3 is 1. The van der Waals surface area contributed by atoms with Gasteiger partial charge >= 0.3 is 0 Å². The van der Waals surface area contributed by atoms with E-state index >= 15 is 0 Å². The SMILES string of the molecule is COc1ccccc1S(=O)(=O)Nc1cc(Cl)ccc1C. The van der Waals surface area contributed by atoms with Crippen molar-refractivity contribution in [1.82, 2.24) is 0 Å². The maximum absolute atomic E-state index is 12.4. The fourth-order valence-electron chi connectivity index (χ4n) is 1.74. The Bertz CT molecular complexity index is 729. The third-order valence-corrected chi connectivity index (χ3v) is 4.44. The summed E-state index contributed by atoms with van der Waals surface area (Å²) in [6, 6.07) is 11.5. The van der Waals surface area contributed by atoms with Crippen molar-refractivity contribution in [2.24, 2.45) is 0 Å². The molecular weight excluding hydrogens is 298 g/mol. The summed E-state index contributed by atoms with van der Waals surface area (Å²) in [6.07, 6.45) is 0. The van der Waals surface area contributed by atoms with Gasteiger partial charge in [-0.05, 0) is 36.8 Å². The number of ether oxygens (including phenoxy) is 1. The lowest BCUT2D eigenvalue weighted by atomic mass is 10.2. The van der Waals surface area contributed by atoms with Crippen LogP contribution in [0.25, 0.3) is 0 Å². The Morgan fingerprint density at radius 2 is 1.85 bits per heavy atom. The molecule has 0 fully saturated rings. The Morgan fingerprint density at radius 1 is 1.15 bits per heavy atom. The van der Waals surface area contributed by atoms with E-state index < -0.39 is 10.0 Å². The van der Waals surface area contributed by atoms with Crippen LogP contribution in [0.4, 0.5) is 5.69 Å². The monoisotopic (exact) mass is 311 g/mol. The van der Waals surface area contributed by atoms with Crippen LogP contribution in [0.1, 0.15) is 5.56 Å². The van der Waals surface area contributed by atoms with E-state index in [0.717, 1.165) is 5.56 Å². The molecule has 0 aliphatic heterocycles. The standard InChI is InChI=1S/C14H14ClNO3S/c1-10-7-8-11(15)9-12(10)16-20(17,18)14-6-4-3-5-13(14)19-2/h3-9,16H,1-2H3. The molecule has 0 radical (unpaired) electrons. The summed E-state index contributed by atoms with van der Waals surface area (Å²) < 4.78 is 32.4. The van der Waals surface area contributed by atoms with Gasteiger partial charge in [0.25, 0.3) is 10.0 Å². The number of sulfonamides is 1. The summed E-state index contributed by atoms with van der Waals surface area (Å²) in [5.41, 5.74) is 1.23. The molecular formula is C14H14ClNO3S. The van der Waals surface area contributed by atoms with Crippen LogP contribution in [0.3, 0.4) is 0 Å². The van der Waals surface area contributed by atoms with Crippen LogP contribution in [0.15, 0.2) is 47.4 Å². The number of halogens is 1. The summed E-state index contributed by atoms with van der Waals surface area (Å²) in [5.74, 6) is 0.291. The van der Waals surface area contributed by atoms with Crippen molar-refractivity contribution in [3.63, 3.8) is 0 Å². The minimum atomic E-state index is -3.73. The molecule has 4 nitrogen and oxygen atoms in total. The molecule has 0 amide bonds. The summed E-state index contributed by atoms with van der Waals surface area (Å²) in [5, 5.41) is 0.466. The third kappa shape index (κ3) is 3.05. The van der Waals surface area contributed by atoms with Crippen LogP contribution in [-0.2, 0) is 10.0 Å². The van der Waals surface area contributed by atoms with Gasteiger partial charge in [0.15, 0.2) is 0 Å². The topological polar surface area (TPSA) is 55.4 Å². The van der Waals surface area contributed by atoms with Crippen LogP contribution in [-0.4, -0.2) is 15.5 Å². The first-order valence-electron chi connectivity index (χ1n) is 5.86. The lowest BCUT2D eigenvalue weighted by molar-refractivity contribution is 0.403. The maximum atomic E-state index is 12.4. The van der Waals surface area contributed by atoms with Crippen molar-refractivity contribution < 1.29 is 13.2 Å². The van der Waals surface area contributed by atoms with Gasteiger partial charge in [-0.25, -0.2) is 8.42 Å². The van der Waals surface area contributed by atoms with Gasteiger partial charge in [-0.2, -0.15) is 0 Å². The van der Waals surface area contributed by atoms with Crippen LogP contribution < -0.4 is 9.46 Å². The molecule has 6 heteroatoms. The molecule has 0 saturated heterocycles. The molecule has 0 saturated carbocycles. The lowest BCUT2D eigenvalue weighted by Crippen LogP contribution is -2.14. The highest BCUT2D eigenvalue weighted by Crippen LogP contribution is 2.27. The van der Waals surface area contributed by atoms with E-state index in [1.807, 2.05) is 0 Å². The average Bonchev–Trinajstić information content (AvgIpc) is 2.42. The molecule has 0 bridgehead atoms. The second-order valence-corrected chi connectivity index (χ2v) is 6.30. The molecule has 20 heavy (non-hydrogen) atoms. The highest BCUT2D eigenvalue weighted by Gasteiger charge is 2.19. The van der Waals surface area contributed by atoms with Crippen molar-refractivity contribution in [1.29, 1.82) is 0 Å². The van der Waals surface area contributed by atoms with Gasteiger partial charge in [0, 0.05) is 5.02 Å². The van der Waals surface area contributed by atoms with E-state index in [9.17, 15) is 8.42 Å². The van der Waals surface area contributed by atoms with Crippen LogP contribution in [0.5, 0.6) is 5.75 Å². The Morgan fingerprint density at radius 3 is 2.55 bits per heavy atom. The molecule has 0 atom stereocenters. The molecule has 2 aromatic rings. The lowest BCUT2D eigenvalue weighted by Gasteiger charge is -2.13. The number of aryl methyl sites for hydroxylation is 1. The number of rotatable bonds is 4. The molecule has 2 aromatic carbocycles. The number of hydrogen-bond donors (Lipinski definition) is 1. The van der Waals surface area contributed by atoms with E-state index in [1.54, 1.807) is 43.3 Å². The van der Waals surface area contributed by atoms with Crippen LogP contribution in [0.2, 0.25) is 5.02 Å². The van der Waals surface area contributed by atoms with Gasteiger partial charge in [0.1, 0.15) is 10.6 Å². The second kappa shape index (κ2) is 5.73. The zero-order valence-corrected chi connectivity index (χ0v) is 12.6. The highest BCUT2D eigenvalue weighted by molar-refractivity contribution is 7.92.